The quantitative estimate of drug-likeness (QED) is 0.117. The first kappa shape index (κ1) is 42.2. The summed E-state index contributed by atoms with van der Waals surface area (Å²) in [5, 5.41) is 19.9. The number of aromatic amines is 1. The lowest BCUT2D eigenvalue weighted by Crippen LogP contribution is -2.49. The van der Waals surface area contributed by atoms with Crippen LogP contribution in [0.3, 0.4) is 0 Å². The minimum Gasteiger partial charge on any atom is -0.395 e. The Bertz CT molecular complexity index is 2750. The molecule has 6 aromatic rings. The number of imide groups is 1. The normalized spacial score (nSPS) is 18.6. The number of H-pyrrole nitrogens is 1. The molecule has 65 heavy (non-hydrogen) atoms. The molecule has 0 bridgehead atoms. The number of aliphatic hydroxyl groups excluding tert-OH is 1. The molecule has 3 aliphatic heterocycles. The van der Waals surface area contributed by atoms with Crippen molar-refractivity contribution in [3.63, 3.8) is 0 Å². The zero-order valence-corrected chi connectivity index (χ0v) is 37.0. The molecule has 336 valence electrons. The first-order valence-corrected chi connectivity index (χ1v) is 22.7. The molecule has 1 aliphatic carbocycles. The predicted octanol–water partition coefficient (Wildman–Crippen LogP) is 5.69. The summed E-state index contributed by atoms with van der Waals surface area (Å²) in [5.74, 6) is 0.277. The van der Waals surface area contributed by atoms with Crippen LogP contribution < -0.4 is 25.3 Å². The van der Waals surface area contributed by atoms with E-state index in [1.165, 1.54) is 5.69 Å². The van der Waals surface area contributed by atoms with Crippen LogP contribution in [-0.4, -0.2) is 117 Å². The SMILES string of the molecule is Cc1cc(-c2ncnc3[nH]c(-c4ccc(N5CCN(CC6CCN(c7ccc(N8CCC(=O)NC8=O)c(C)c7)CC6)CC5)cn4)cc23)ccc1C(C)NC(=O)c1noc(C2(CO)CC2)n1. The fraction of sp³-hybridized carbons (Fsp3) is 0.417. The minimum absolute atomic E-state index is 0.0414. The number of aromatic nitrogens is 6. The van der Waals surface area contributed by atoms with Gasteiger partial charge in [-0.05, 0) is 112 Å². The number of hydrogen-bond acceptors (Lipinski definition) is 13. The van der Waals surface area contributed by atoms with E-state index >= 15 is 0 Å². The van der Waals surface area contributed by atoms with Gasteiger partial charge in [0.05, 0.1) is 47.0 Å². The predicted molar refractivity (Wildman–Crippen MR) is 246 cm³/mol. The summed E-state index contributed by atoms with van der Waals surface area (Å²) in [7, 11) is 0. The van der Waals surface area contributed by atoms with E-state index in [-0.39, 0.29) is 30.4 Å². The van der Waals surface area contributed by atoms with Crippen molar-refractivity contribution in [3.05, 3.63) is 95.5 Å². The van der Waals surface area contributed by atoms with Crippen LogP contribution in [-0.2, 0) is 10.2 Å². The summed E-state index contributed by atoms with van der Waals surface area (Å²) >= 11 is 0. The van der Waals surface area contributed by atoms with Gasteiger partial charge in [0.1, 0.15) is 12.0 Å². The molecule has 4 amide bonds. The van der Waals surface area contributed by atoms with Crippen LogP contribution in [0, 0.1) is 19.8 Å². The summed E-state index contributed by atoms with van der Waals surface area (Å²) in [4.78, 5) is 68.0. The van der Waals surface area contributed by atoms with Gasteiger partial charge in [0, 0.05) is 81.1 Å². The van der Waals surface area contributed by atoms with Gasteiger partial charge in [-0.15, -0.1) is 0 Å². The summed E-state index contributed by atoms with van der Waals surface area (Å²) in [6, 6.07) is 18.0. The van der Waals surface area contributed by atoms with Crippen molar-refractivity contribution in [2.75, 3.05) is 73.7 Å². The Morgan fingerprint density at radius 3 is 2.40 bits per heavy atom. The molecule has 0 spiro atoms. The number of amides is 4. The van der Waals surface area contributed by atoms with Gasteiger partial charge in [-0.25, -0.2) is 14.8 Å². The Labute approximate surface area is 376 Å². The molecule has 1 atom stereocenters. The lowest BCUT2D eigenvalue weighted by molar-refractivity contribution is -0.120. The van der Waals surface area contributed by atoms with Gasteiger partial charge < -0.3 is 29.7 Å². The van der Waals surface area contributed by atoms with Crippen molar-refractivity contribution < 1.29 is 24.0 Å². The molecule has 10 rings (SSSR count). The standard InChI is InChI=1S/C48H54N12O5/c1-29-22-33(4-7-36(29)31(3)52-45(63)44-55-46(65-56-44)48(27-61)13-14-48)42-37-24-39(53-43(37)51-28-50-42)38-8-5-35(25-49-38)59-20-18-57(19-21-59)26-32-10-15-58(16-11-32)34-6-9-40(30(2)23-34)60-17-12-41(62)54-47(60)64/h4-9,22-25,28,31-32,61H,10-21,26-27H2,1-3H3,(H,52,63)(H,50,51,53)(H,54,62,64). The second-order valence-electron chi connectivity index (χ2n) is 18.1. The van der Waals surface area contributed by atoms with Gasteiger partial charge in [0.2, 0.25) is 11.8 Å². The topological polar surface area (TPSA) is 202 Å². The van der Waals surface area contributed by atoms with E-state index in [0.29, 0.717) is 24.8 Å². The number of carbonyl (C=O) groups is 3. The molecule has 4 fully saturated rings. The van der Waals surface area contributed by atoms with Crippen LogP contribution >= 0.6 is 0 Å². The molecule has 3 saturated heterocycles. The van der Waals surface area contributed by atoms with E-state index in [4.69, 9.17) is 9.51 Å². The molecule has 17 heteroatoms. The van der Waals surface area contributed by atoms with E-state index in [1.54, 1.807) is 11.2 Å². The molecule has 7 heterocycles. The van der Waals surface area contributed by atoms with Crippen LogP contribution in [0.5, 0.6) is 0 Å². The number of nitrogens with zero attached hydrogens (tertiary/aromatic N) is 9. The van der Waals surface area contributed by atoms with E-state index < -0.39 is 11.3 Å². The molecular formula is C48H54N12O5. The Hall–Kier alpha value is -6.72. The van der Waals surface area contributed by atoms with Gasteiger partial charge in [0.15, 0.2) is 0 Å². The van der Waals surface area contributed by atoms with Crippen LogP contribution in [0.4, 0.5) is 21.9 Å². The highest BCUT2D eigenvalue weighted by Gasteiger charge is 2.49. The zero-order valence-electron chi connectivity index (χ0n) is 37.0. The Morgan fingerprint density at radius 2 is 1.69 bits per heavy atom. The lowest BCUT2D eigenvalue weighted by Gasteiger charge is -2.40. The molecule has 1 unspecified atom stereocenters. The van der Waals surface area contributed by atoms with Crippen LogP contribution in [0.15, 0.2) is 71.6 Å². The number of piperazine rings is 1. The van der Waals surface area contributed by atoms with Gasteiger partial charge in [-0.1, -0.05) is 17.3 Å². The maximum Gasteiger partial charge on any atom is 0.328 e. The van der Waals surface area contributed by atoms with Crippen molar-refractivity contribution >= 4 is 45.9 Å². The van der Waals surface area contributed by atoms with Crippen molar-refractivity contribution in [1.29, 1.82) is 0 Å². The number of benzene rings is 2. The average molecular weight is 879 g/mol. The van der Waals surface area contributed by atoms with Crippen LogP contribution in [0.2, 0.25) is 0 Å². The van der Waals surface area contributed by atoms with E-state index in [0.717, 1.165) is 133 Å². The highest BCUT2D eigenvalue weighted by molar-refractivity contribution is 6.06. The van der Waals surface area contributed by atoms with E-state index in [2.05, 4.69) is 86.8 Å². The summed E-state index contributed by atoms with van der Waals surface area (Å²) in [6.45, 7) is 13.4. The largest absolute Gasteiger partial charge is 0.395 e. The molecule has 1 saturated carbocycles. The van der Waals surface area contributed by atoms with Crippen molar-refractivity contribution in [1.82, 2.24) is 45.6 Å². The zero-order chi connectivity index (χ0) is 44.8. The van der Waals surface area contributed by atoms with Crippen LogP contribution in [0.25, 0.3) is 33.7 Å². The Morgan fingerprint density at radius 1 is 0.908 bits per heavy atom. The molecule has 17 nitrogen and oxygen atoms in total. The van der Waals surface area contributed by atoms with Crippen molar-refractivity contribution in [2.45, 2.75) is 64.3 Å². The number of nitrogens with one attached hydrogen (secondary N) is 3. The third-order valence-corrected chi connectivity index (χ3v) is 13.8. The van der Waals surface area contributed by atoms with Crippen molar-refractivity contribution in [3.8, 4) is 22.6 Å². The summed E-state index contributed by atoms with van der Waals surface area (Å²) in [6.07, 6.45) is 7.68. The Balaban J connectivity index is 0.717. The fourth-order valence-electron chi connectivity index (χ4n) is 9.67. The molecule has 4 aliphatic rings. The number of anilines is 3. The average Bonchev–Trinajstić information content (AvgIpc) is 3.71. The summed E-state index contributed by atoms with van der Waals surface area (Å²) in [5.41, 5.74) is 9.78. The number of fused-ring (bicyclic) bond motifs is 1. The second kappa shape index (κ2) is 17.3. The van der Waals surface area contributed by atoms with Gasteiger partial charge in [0.25, 0.3) is 11.7 Å². The van der Waals surface area contributed by atoms with Gasteiger partial charge in [-0.3, -0.25) is 29.7 Å². The first-order valence-electron chi connectivity index (χ1n) is 22.7. The maximum atomic E-state index is 13.0. The number of pyridine rings is 1. The summed E-state index contributed by atoms with van der Waals surface area (Å²) < 4.78 is 5.31. The number of aliphatic hydroxyl groups is 1. The molecular weight excluding hydrogens is 825 g/mol. The number of hydrogen-bond donors (Lipinski definition) is 4. The molecule has 4 aromatic heterocycles. The second-order valence-corrected chi connectivity index (χ2v) is 18.1. The number of piperidine rings is 1. The number of rotatable bonds is 12. The molecule has 0 radical (unpaired) electrons. The van der Waals surface area contributed by atoms with E-state index in [1.807, 2.05) is 45.2 Å². The highest BCUT2D eigenvalue weighted by atomic mass is 16.5. The van der Waals surface area contributed by atoms with Crippen LogP contribution in [0.1, 0.15) is 78.3 Å². The highest BCUT2D eigenvalue weighted by Crippen LogP contribution is 2.46. The smallest absolute Gasteiger partial charge is 0.328 e. The molecule has 2 aromatic carbocycles. The third-order valence-electron chi connectivity index (χ3n) is 13.8. The monoisotopic (exact) mass is 878 g/mol. The number of urea groups is 1. The Kier molecular flexibility index (Phi) is 11.3. The van der Waals surface area contributed by atoms with Crippen molar-refractivity contribution in [2.24, 2.45) is 5.92 Å². The maximum absolute atomic E-state index is 13.0. The fourth-order valence-corrected chi connectivity index (χ4v) is 9.67. The lowest BCUT2D eigenvalue weighted by atomic mass is 9.95. The number of carbonyl (C=O) groups excluding carboxylic acids is 3. The van der Waals surface area contributed by atoms with E-state index in [9.17, 15) is 19.5 Å². The van der Waals surface area contributed by atoms with Gasteiger partial charge in [-0.2, -0.15) is 4.98 Å². The first-order chi connectivity index (χ1) is 31.5. The molecule has 4 N–H and O–H groups in total. The number of aryl methyl sites for hydroxylation is 2. The minimum atomic E-state index is -0.502. The van der Waals surface area contributed by atoms with Gasteiger partial charge >= 0.3 is 6.03 Å². The third kappa shape index (κ3) is 8.53.